The molecule has 36 heavy (non-hydrogen) atoms. The summed E-state index contributed by atoms with van der Waals surface area (Å²) in [4.78, 5) is 39.7. The van der Waals surface area contributed by atoms with Gasteiger partial charge in [-0.05, 0) is 36.8 Å². The van der Waals surface area contributed by atoms with Crippen LogP contribution in [0.1, 0.15) is 39.9 Å². The average Bonchev–Trinajstić information content (AvgIpc) is 3.20. The topological polar surface area (TPSA) is 131 Å². The molecule has 190 valence electrons. The number of nitrogens with one attached hydrogen (secondary N) is 2. The third kappa shape index (κ3) is 4.46. The van der Waals surface area contributed by atoms with Gasteiger partial charge in [-0.25, -0.2) is 9.29 Å². The average molecular weight is 499 g/mol. The molecule has 0 aliphatic carbocycles. The molecule has 3 aliphatic heterocycles. The minimum Gasteiger partial charge on any atom is -0.381 e. The van der Waals surface area contributed by atoms with Crippen molar-refractivity contribution in [2.45, 2.75) is 37.9 Å². The van der Waals surface area contributed by atoms with Crippen LogP contribution in [0.2, 0.25) is 0 Å². The van der Waals surface area contributed by atoms with Gasteiger partial charge in [-0.3, -0.25) is 19.7 Å². The highest BCUT2D eigenvalue weighted by atomic mass is 19.1. The Bertz CT molecular complexity index is 1210. The van der Waals surface area contributed by atoms with Crippen LogP contribution in [0.15, 0.2) is 36.4 Å². The Morgan fingerprint density at radius 3 is 2.67 bits per heavy atom. The lowest BCUT2D eigenvalue weighted by molar-refractivity contribution is -0.286. The van der Waals surface area contributed by atoms with Crippen molar-refractivity contribution >= 4 is 23.4 Å². The zero-order valence-electron chi connectivity index (χ0n) is 19.5. The maximum atomic E-state index is 14.6. The van der Waals surface area contributed by atoms with Crippen molar-refractivity contribution < 1.29 is 33.7 Å². The highest BCUT2D eigenvalue weighted by Gasteiger charge is 2.40. The van der Waals surface area contributed by atoms with Gasteiger partial charge in [-0.15, -0.1) is 0 Å². The molecule has 3 aliphatic rings. The van der Waals surface area contributed by atoms with Gasteiger partial charge in [0.2, 0.25) is 11.8 Å². The number of hydrogen-bond donors (Lipinski definition) is 4. The first-order valence-corrected chi connectivity index (χ1v) is 11.8. The Balaban J connectivity index is 1.33. The largest absolute Gasteiger partial charge is 0.381 e. The summed E-state index contributed by atoms with van der Waals surface area (Å²) in [5, 5.41) is 26.9. The second kappa shape index (κ2) is 9.58. The lowest BCUT2D eigenvalue weighted by Gasteiger charge is -2.37. The van der Waals surface area contributed by atoms with Gasteiger partial charge in [-0.2, -0.15) is 0 Å². The number of fused-ring (bicyclic) bond motifs is 1. The number of piperidine rings is 1. The van der Waals surface area contributed by atoms with E-state index in [4.69, 9.17) is 4.74 Å². The summed E-state index contributed by atoms with van der Waals surface area (Å²) in [5.74, 6) is -3.92. The number of amides is 3. The second-order valence-electron chi connectivity index (χ2n) is 9.13. The van der Waals surface area contributed by atoms with Crippen molar-refractivity contribution in [3.63, 3.8) is 0 Å². The summed E-state index contributed by atoms with van der Waals surface area (Å²) < 4.78 is 19.9. The van der Waals surface area contributed by atoms with Crippen molar-refractivity contribution in [3.8, 4) is 0 Å². The Labute approximate surface area is 206 Å². The lowest BCUT2D eigenvalue weighted by atomic mass is 10.0. The van der Waals surface area contributed by atoms with Crippen LogP contribution in [0.5, 0.6) is 0 Å². The molecule has 2 aromatic rings. The molecular formula is C25H27FN4O6. The van der Waals surface area contributed by atoms with Gasteiger partial charge in [0.05, 0.1) is 13.2 Å². The normalized spacial score (nSPS) is 20.9. The van der Waals surface area contributed by atoms with Gasteiger partial charge in [0.25, 0.3) is 11.8 Å². The Morgan fingerprint density at radius 1 is 1.14 bits per heavy atom. The number of morpholine rings is 1. The van der Waals surface area contributed by atoms with E-state index in [-0.39, 0.29) is 48.9 Å². The molecule has 11 heteroatoms. The van der Waals surface area contributed by atoms with Crippen LogP contribution in [0, 0.1) is 5.82 Å². The Hall–Kier alpha value is -3.38. The molecular weight excluding hydrogens is 471 g/mol. The van der Waals surface area contributed by atoms with Crippen LogP contribution < -0.4 is 10.6 Å². The zero-order valence-corrected chi connectivity index (χ0v) is 19.5. The van der Waals surface area contributed by atoms with Crippen LogP contribution in [0.4, 0.5) is 10.1 Å². The van der Waals surface area contributed by atoms with Crippen LogP contribution in [0.3, 0.4) is 0 Å². The molecule has 4 N–H and O–H groups in total. The minimum absolute atomic E-state index is 0.0297. The van der Waals surface area contributed by atoms with E-state index in [0.717, 1.165) is 0 Å². The standard InChI is InChI=1S/C25H27FN4O6/c26-19-5-4-16(25(34,35)29-8-10-36-11-9-29)12-15(19)13-27-20-3-1-2-17-18(20)14-30(24(17)33)21-6-7-22(31)28-23(21)32/h1-5,12,21,27,34-35H,6-11,13-14H2,(H,28,31,32). The van der Waals surface area contributed by atoms with E-state index in [1.165, 1.54) is 28.0 Å². The van der Waals surface area contributed by atoms with Crippen molar-refractivity contribution in [3.05, 3.63) is 64.5 Å². The van der Waals surface area contributed by atoms with Gasteiger partial charge < -0.3 is 25.2 Å². The molecule has 1 atom stereocenters. The van der Waals surface area contributed by atoms with Gasteiger partial charge >= 0.3 is 0 Å². The van der Waals surface area contributed by atoms with Crippen LogP contribution in [-0.2, 0) is 33.3 Å². The number of hydrogen-bond acceptors (Lipinski definition) is 8. The SMILES string of the molecule is O=C1CCC(N2Cc3c(NCc4cc(C(O)(O)N5CCOCC5)ccc4F)cccc3C2=O)C(=O)N1. The summed E-state index contributed by atoms with van der Waals surface area (Å²) in [6.07, 6.45) is 0.428. The molecule has 1 unspecified atom stereocenters. The fourth-order valence-electron chi connectivity index (χ4n) is 4.92. The van der Waals surface area contributed by atoms with Gasteiger partial charge in [0.1, 0.15) is 11.9 Å². The number of nitrogens with zero attached hydrogens (tertiary/aromatic N) is 2. The van der Waals surface area contributed by atoms with Crippen LogP contribution in [-0.4, -0.2) is 70.1 Å². The Morgan fingerprint density at radius 2 is 1.92 bits per heavy atom. The molecule has 0 saturated carbocycles. The van der Waals surface area contributed by atoms with E-state index in [1.54, 1.807) is 18.2 Å². The highest BCUT2D eigenvalue weighted by molar-refractivity contribution is 6.06. The third-order valence-corrected chi connectivity index (χ3v) is 6.94. The minimum atomic E-state index is -2.27. The number of benzene rings is 2. The zero-order chi connectivity index (χ0) is 25.4. The lowest BCUT2D eigenvalue weighted by Crippen LogP contribution is -2.52. The molecule has 3 amide bonds. The maximum Gasteiger partial charge on any atom is 0.255 e. The number of halogens is 1. The van der Waals surface area contributed by atoms with E-state index in [1.807, 2.05) is 0 Å². The summed E-state index contributed by atoms with van der Waals surface area (Å²) in [6.45, 7) is 1.59. The van der Waals surface area contributed by atoms with Crippen molar-refractivity contribution in [2.24, 2.45) is 0 Å². The number of ether oxygens (including phenoxy) is 1. The van der Waals surface area contributed by atoms with E-state index >= 15 is 0 Å². The molecule has 5 rings (SSSR count). The molecule has 0 radical (unpaired) electrons. The molecule has 3 heterocycles. The van der Waals surface area contributed by atoms with Crippen LogP contribution in [0.25, 0.3) is 0 Å². The summed E-state index contributed by atoms with van der Waals surface area (Å²) in [6, 6.07) is 8.34. The summed E-state index contributed by atoms with van der Waals surface area (Å²) >= 11 is 0. The molecule has 2 aromatic carbocycles. The van der Waals surface area contributed by atoms with Crippen LogP contribution >= 0.6 is 0 Å². The molecule has 2 saturated heterocycles. The highest BCUT2D eigenvalue weighted by Crippen LogP contribution is 2.33. The van der Waals surface area contributed by atoms with E-state index in [9.17, 15) is 29.0 Å². The first kappa shape index (κ1) is 24.3. The molecule has 2 fully saturated rings. The van der Waals surface area contributed by atoms with E-state index in [0.29, 0.717) is 43.1 Å². The fourth-order valence-corrected chi connectivity index (χ4v) is 4.92. The first-order chi connectivity index (χ1) is 17.3. The molecule has 0 bridgehead atoms. The maximum absolute atomic E-state index is 14.6. The quantitative estimate of drug-likeness (QED) is 0.337. The number of aliphatic hydroxyl groups is 2. The van der Waals surface area contributed by atoms with Crippen molar-refractivity contribution in [1.29, 1.82) is 0 Å². The second-order valence-corrected chi connectivity index (χ2v) is 9.13. The van der Waals surface area contributed by atoms with Crippen molar-refractivity contribution in [1.82, 2.24) is 15.1 Å². The number of carbonyl (C=O) groups excluding carboxylic acids is 3. The molecule has 0 spiro atoms. The van der Waals surface area contributed by atoms with Gasteiger partial charge in [0.15, 0.2) is 0 Å². The van der Waals surface area contributed by atoms with E-state index in [2.05, 4.69) is 10.6 Å². The molecule has 0 aromatic heterocycles. The first-order valence-electron chi connectivity index (χ1n) is 11.8. The van der Waals surface area contributed by atoms with E-state index < -0.39 is 23.7 Å². The van der Waals surface area contributed by atoms with Crippen molar-refractivity contribution in [2.75, 3.05) is 31.6 Å². The molecule has 10 nitrogen and oxygen atoms in total. The monoisotopic (exact) mass is 498 g/mol. The third-order valence-electron chi connectivity index (χ3n) is 6.94. The Kier molecular flexibility index (Phi) is 6.47. The predicted octanol–water partition coefficient (Wildman–Crippen LogP) is 0.626. The number of rotatable bonds is 6. The van der Waals surface area contributed by atoms with Gasteiger partial charge in [-0.1, -0.05) is 6.07 Å². The summed E-state index contributed by atoms with van der Waals surface area (Å²) in [5.41, 5.74) is 2.08. The predicted molar refractivity (Wildman–Crippen MR) is 125 cm³/mol. The van der Waals surface area contributed by atoms with Gasteiger partial charge in [0, 0.05) is 60.5 Å². The fraction of sp³-hybridized carbons (Fsp3) is 0.400. The summed E-state index contributed by atoms with van der Waals surface area (Å²) in [7, 11) is 0. The number of imide groups is 1. The smallest absolute Gasteiger partial charge is 0.255 e. The number of anilines is 1. The number of carbonyl (C=O) groups is 3.